The second kappa shape index (κ2) is 8.29. The molecule has 2 nitrogen and oxygen atoms in total. The zero-order valence-electron chi connectivity index (χ0n) is 11.4. The Morgan fingerprint density at radius 2 is 1.88 bits per heavy atom. The van der Waals surface area contributed by atoms with Gasteiger partial charge in [-0.1, -0.05) is 25.9 Å². The van der Waals surface area contributed by atoms with Crippen LogP contribution in [0.1, 0.15) is 41.5 Å². The van der Waals surface area contributed by atoms with Gasteiger partial charge in [-0.2, -0.15) is 23.5 Å². The van der Waals surface area contributed by atoms with Gasteiger partial charge >= 0.3 is 0 Å². The second-order valence-electron chi connectivity index (χ2n) is 4.86. The second-order valence-corrected chi connectivity index (χ2v) is 7.70. The number of thioether (sulfide) groups is 2. The van der Waals surface area contributed by atoms with Crippen LogP contribution in [0, 0.1) is 0 Å². The van der Waals surface area contributed by atoms with Gasteiger partial charge in [-0.3, -0.25) is 0 Å². The van der Waals surface area contributed by atoms with Gasteiger partial charge in [0.15, 0.2) is 0 Å². The fourth-order valence-electron chi connectivity index (χ4n) is 0.779. The molecule has 0 saturated heterocycles. The van der Waals surface area contributed by atoms with Gasteiger partial charge in [-0.05, 0) is 31.8 Å². The average Bonchev–Trinajstić information content (AvgIpc) is 2.15. The van der Waals surface area contributed by atoms with E-state index in [0.29, 0.717) is 5.25 Å². The van der Waals surface area contributed by atoms with Crippen LogP contribution in [0.4, 0.5) is 0 Å². The van der Waals surface area contributed by atoms with Crippen molar-refractivity contribution < 1.29 is 4.84 Å². The van der Waals surface area contributed by atoms with Gasteiger partial charge in [0, 0.05) is 11.5 Å². The molecule has 0 aliphatic heterocycles. The number of hydrogen-bond donors (Lipinski definition) is 0. The van der Waals surface area contributed by atoms with Crippen LogP contribution in [0.3, 0.4) is 0 Å². The highest BCUT2D eigenvalue weighted by molar-refractivity contribution is 8.01. The van der Waals surface area contributed by atoms with Crippen molar-refractivity contribution in [2.75, 3.05) is 17.3 Å². The van der Waals surface area contributed by atoms with Crippen LogP contribution >= 0.6 is 23.5 Å². The molecule has 0 radical (unpaired) electrons. The molecule has 16 heavy (non-hydrogen) atoms. The molecule has 0 aromatic heterocycles. The van der Waals surface area contributed by atoms with Crippen molar-refractivity contribution in [3.05, 3.63) is 0 Å². The lowest BCUT2D eigenvalue weighted by atomic mass is 10.2. The van der Waals surface area contributed by atoms with Crippen molar-refractivity contribution in [1.29, 1.82) is 0 Å². The smallest absolute Gasteiger partial charge is 0.129 e. The maximum absolute atomic E-state index is 5.48. The summed E-state index contributed by atoms with van der Waals surface area (Å²) in [5, 5.41) is 4.92. The molecule has 96 valence electrons. The minimum atomic E-state index is -0.190. The van der Waals surface area contributed by atoms with E-state index >= 15 is 0 Å². The van der Waals surface area contributed by atoms with Gasteiger partial charge in [-0.15, -0.1) is 0 Å². The molecule has 4 heteroatoms. The number of hydrogen-bond acceptors (Lipinski definition) is 4. The molecule has 0 rings (SSSR count). The minimum Gasteiger partial charge on any atom is -0.390 e. The van der Waals surface area contributed by atoms with Crippen LogP contribution in [0.2, 0.25) is 0 Å². The largest absolute Gasteiger partial charge is 0.390 e. The Morgan fingerprint density at radius 3 is 2.31 bits per heavy atom. The van der Waals surface area contributed by atoms with E-state index in [1.165, 1.54) is 0 Å². The Kier molecular flexibility index (Phi) is 8.38. The molecule has 0 amide bonds. The predicted octanol–water partition coefficient (Wildman–Crippen LogP) is 4.05. The van der Waals surface area contributed by atoms with Crippen LogP contribution in [-0.2, 0) is 4.84 Å². The first-order chi connectivity index (χ1) is 7.35. The van der Waals surface area contributed by atoms with Crippen molar-refractivity contribution in [2.24, 2.45) is 5.16 Å². The molecule has 0 fully saturated rings. The first-order valence-corrected chi connectivity index (χ1v) is 7.98. The third-order valence-corrected chi connectivity index (χ3v) is 3.62. The molecule has 0 aromatic carbocycles. The summed E-state index contributed by atoms with van der Waals surface area (Å²) in [6.45, 7) is 12.7. The van der Waals surface area contributed by atoms with E-state index in [1.54, 1.807) is 0 Å². The number of nitrogens with zero attached hydrogens (tertiary/aromatic N) is 1. The van der Waals surface area contributed by atoms with E-state index in [1.807, 2.05) is 44.3 Å². The minimum absolute atomic E-state index is 0.190. The Labute approximate surface area is 109 Å². The molecule has 0 unspecified atom stereocenters. The van der Waals surface area contributed by atoms with Crippen molar-refractivity contribution >= 4 is 29.2 Å². The first-order valence-electron chi connectivity index (χ1n) is 5.78. The Hall–Kier alpha value is 0.170. The molecule has 0 aliphatic carbocycles. The topological polar surface area (TPSA) is 21.6 Å². The monoisotopic (exact) mass is 263 g/mol. The number of rotatable bonds is 7. The summed E-state index contributed by atoms with van der Waals surface area (Å²) < 4.78 is 0. The third kappa shape index (κ3) is 10.7. The van der Waals surface area contributed by atoms with Gasteiger partial charge in [0.25, 0.3) is 0 Å². The third-order valence-electron chi connectivity index (χ3n) is 1.50. The fourth-order valence-corrected chi connectivity index (χ4v) is 2.18. The molecule has 0 atom stereocenters. The maximum Gasteiger partial charge on any atom is 0.129 e. The van der Waals surface area contributed by atoms with E-state index < -0.39 is 0 Å². The van der Waals surface area contributed by atoms with Crippen molar-refractivity contribution in [2.45, 2.75) is 52.4 Å². The van der Waals surface area contributed by atoms with Crippen LogP contribution in [-0.4, -0.2) is 33.8 Å². The zero-order valence-corrected chi connectivity index (χ0v) is 13.0. The summed E-state index contributed by atoms with van der Waals surface area (Å²) in [6, 6.07) is 0. The van der Waals surface area contributed by atoms with E-state index in [4.69, 9.17) is 4.84 Å². The summed E-state index contributed by atoms with van der Waals surface area (Å²) in [6.07, 6.45) is 0. The molecule has 0 heterocycles. The Balaban J connectivity index is 4.18. The molecule has 0 bridgehead atoms. The van der Waals surface area contributed by atoms with Gasteiger partial charge in [0.05, 0.1) is 5.71 Å². The van der Waals surface area contributed by atoms with Crippen LogP contribution in [0.25, 0.3) is 0 Å². The predicted molar refractivity (Wildman–Crippen MR) is 78.9 cm³/mol. The first kappa shape index (κ1) is 16.2. The quantitative estimate of drug-likeness (QED) is 0.511. The highest BCUT2D eigenvalue weighted by atomic mass is 32.2. The highest BCUT2D eigenvalue weighted by Crippen LogP contribution is 2.14. The van der Waals surface area contributed by atoms with Crippen LogP contribution < -0.4 is 0 Å². The Bertz CT molecular complexity index is 210. The molecular formula is C12H25NOS2. The number of oxime groups is 1. The van der Waals surface area contributed by atoms with E-state index in [9.17, 15) is 0 Å². The van der Waals surface area contributed by atoms with Crippen LogP contribution in [0.15, 0.2) is 5.16 Å². The van der Waals surface area contributed by atoms with Crippen molar-refractivity contribution in [3.63, 3.8) is 0 Å². The summed E-state index contributed by atoms with van der Waals surface area (Å²) in [5.74, 6) is 3.08. The summed E-state index contributed by atoms with van der Waals surface area (Å²) in [5.41, 5.74) is 0.963. The van der Waals surface area contributed by atoms with Gasteiger partial charge in [-0.25, -0.2) is 0 Å². The average molecular weight is 263 g/mol. The normalized spacial score (nSPS) is 13.3. The molecule has 0 spiro atoms. The van der Waals surface area contributed by atoms with Crippen molar-refractivity contribution in [3.8, 4) is 0 Å². The molecule has 0 saturated carbocycles. The lowest BCUT2D eigenvalue weighted by molar-refractivity contribution is 0.000834. The van der Waals surface area contributed by atoms with Gasteiger partial charge in [0.1, 0.15) is 5.60 Å². The van der Waals surface area contributed by atoms with Crippen LogP contribution in [0.5, 0.6) is 0 Å². The molecule has 0 aliphatic rings. The van der Waals surface area contributed by atoms with E-state index in [2.05, 4.69) is 25.9 Å². The maximum atomic E-state index is 5.48. The van der Waals surface area contributed by atoms with Gasteiger partial charge < -0.3 is 4.84 Å². The highest BCUT2D eigenvalue weighted by Gasteiger charge is 2.11. The van der Waals surface area contributed by atoms with E-state index in [0.717, 1.165) is 23.0 Å². The van der Waals surface area contributed by atoms with Crippen molar-refractivity contribution in [1.82, 2.24) is 0 Å². The summed E-state index contributed by atoms with van der Waals surface area (Å²) in [4.78, 5) is 5.48. The van der Waals surface area contributed by atoms with E-state index in [-0.39, 0.29) is 5.60 Å². The van der Waals surface area contributed by atoms with Gasteiger partial charge in [0.2, 0.25) is 0 Å². The lowest BCUT2D eigenvalue weighted by Crippen LogP contribution is -2.18. The Morgan fingerprint density at radius 1 is 1.25 bits per heavy atom. The lowest BCUT2D eigenvalue weighted by Gasteiger charge is -2.17. The molecular weight excluding hydrogens is 238 g/mol. The fraction of sp³-hybridized carbons (Fsp3) is 0.917. The molecule has 0 aromatic rings. The SMILES string of the molecule is CCSC/C(CSC(C)C)=N\OC(C)(C)C. The molecule has 0 N–H and O–H groups in total. The zero-order chi connectivity index (χ0) is 12.6. The summed E-state index contributed by atoms with van der Waals surface area (Å²) in [7, 11) is 0. The summed E-state index contributed by atoms with van der Waals surface area (Å²) >= 11 is 3.81. The standard InChI is InChI=1S/C12H25NOS2/c1-7-15-8-11(9-16-10(2)3)13-14-12(4,5)6/h10H,7-9H2,1-6H3/b13-11+.